The number of rotatable bonds is 25. The van der Waals surface area contributed by atoms with Crippen molar-refractivity contribution in [3.05, 3.63) is 12.8 Å². The molecule has 0 bridgehead atoms. The Kier molecular flexibility index (Phi) is 29.9. The molecule has 0 fully saturated rings. The Bertz CT molecular complexity index is 507. The Morgan fingerprint density at radius 2 is 0.865 bits per heavy atom. The van der Waals surface area contributed by atoms with Crippen LogP contribution >= 0.6 is 0 Å². The average Bonchev–Trinajstić information content (AvgIpc) is 2.81. The highest BCUT2D eigenvalue weighted by atomic mass is 16.5. The Morgan fingerprint density at radius 1 is 0.595 bits per heavy atom. The van der Waals surface area contributed by atoms with E-state index < -0.39 is 5.97 Å². The Hall–Kier alpha value is -1.32. The second-order valence-electron chi connectivity index (χ2n) is 12.0. The van der Waals surface area contributed by atoms with Gasteiger partial charge in [0.25, 0.3) is 0 Å². The summed E-state index contributed by atoms with van der Waals surface area (Å²) in [6.07, 6.45) is 33.0. The van der Waals surface area contributed by atoms with Gasteiger partial charge >= 0.3 is 11.9 Å². The van der Waals surface area contributed by atoms with E-state index >= 15 is 0 Å². The van der Waals surface area contributed by atoms with Crippen LogP contribution in [0.3, 0.4) is 0 Å². The van der Waals surface area contributed by atoms with Gasteiger partial charge in [0.15, 0.2) is 0 Å². The summed E-state index contributed by atoms with van der Waals surface area (Å²) in [4.78, 5) is 20.2. The monoisotopic (exact) mass is 524 g/mol. The minimum absolute atomic E-state index is 0.329. The molecule has 0 aliphatic carbocycles. The standard InChI is InChI=1S/C29H58O2.C4H6O2/c1-29(2,3)27-25-23-21-19-17-15-13-11-9-7-5-4-6-8-10-12-14-16-18-20-22-24-26-28(30)31;1-3-6-4(2)5/h4-27H2,1-3H3,(H,30,31);3H,1H2,2H3. The number of esters is 1. The van der Waals surface area contributed by atoms with Crippen molar-refractivity contribution in [3.8, 4) is 0 Å². The predicted octanol–water partition coefficient (Wildman–Crippen LogP) is 11.2. The van der Waals surface area contributed by atoms with Gasteiger partial charge in [-0.05, 0) is 18.3 Å². The molecule has 0 aromatic rings. The first kappa shape index (κ1) is 37.8. The zero-order chi connectivity index (χ0) is 28.0. The van der Waals surface area contributed by atoms with Gasteiger partial charge in [-0.1, -0.05) is 162 Å². The van der Waals surface area contributed by atoms with Crippen LogP contribution in [0.4, 0.5) is 0 Å². The summed E-state index contributed by atoms with van der Waals surface area (Å²) < 4.78 is 4.17. The fourth-order valence-corrected chi connectivity index (χ4v) is 4.58. The topological polar surface area (TPSA) is 63.6 Å². The summed E-state index contributed by atoms with van der Waals surface area (Å²) in [6, 6.07) is 0. The molecular weight excluding hydrogens is 460 g/mol. The fourth-order valence-electron chi connectivity index (χ4n) is 4.58. The van der Waals surface area contributed by atoms with Crippen molar-refractivity contribution in [2.24, 2.45) is 5.41 Å². The van der Waals surface area contributed by atoms with Crippen molar-refractivity contribution >= 4 is 11.9 Å². The molecule has 220 valence electrons. The third-order valence-corrected chi connectivity index (χ3v) is 6.82. The first-order valence-electron chi connectivity index (χ1n) is 15.7. The number of carbonyl (C=O) groups excluding carboxylic acids is 1. The van der Waals surface area contributed by atoms with Crippen molar-refractivity contribution in [3.63, 3.8) is 0 Å². The molecule has 0 aliphatic heterocycles. The average molecular weight is 525 g/mol. The van der Waals surface area contributed by atoms with Crippen molar-refractivity contribution in [1.82, 2.24) is 0 Å². The van der Waals surface area contributed by atoms with E-state index in [2.05, 4.69) is 32.1 Å². The quantitative estimate of drug-likeness (QED) is 0.0732. The lowest BCUT2D eigenvalue weighted by Gasteiger charge is -2.17. The number of carbonyl (C=O) groups is 2. The second kappa shape index (κ2) is 29.2. The van der Waals surface area contributed by atoms with E-state index in [0.29, 0.717) is 11.8 Å². The number of hydrogen-bond donors (Lipinski definition) is 1. The van der Waals surface area contributed by atoms with Crippen LogP contribution < -0.4 is 0 Å². The Balaban J connectivity index is 0. The summed E-state index contributed by atoms with van der Waals surface area (Å²) in [5.74, 6) is -0.979. The minimum Gasteiger partial charge on any atom is -0.481 e. The predicted molar refractivity (Wildman–Crippen MR) is 160 cm³/mol. The fraction of sp³-hybridized carbons (Fsp3) is 0.879. The Morgan fingerprint density at radius 3 is 1.05 bits per heavy atom. The SMILES string of the molecule is C=COC(C)=O.CC(C)(C)CCCCCCCCCCCCCCCCCCCCCCCCC(=O)O. The molecule has 0 heterocycles. The number of unbranched alkanes of at least 4 members (excludes halogenated alkanes) is 21. The lowest BCUT2D eigenvalue weighted by molar-refractivity contribution is -0.137. The molecule has 0 spiro atoms. The summed E-state index contributed by atoms with van der Waals surface area (Å²) in [5.41, 5.74) is 0.521. The van der Waals surface area contributed by atoms with Gasteiger partial charge in [-0.15, -0.1) is 0 Å². The molecule has 0 amide bonds. The molecule has 0 aliphatic rings. The number of aliphatic carboxylic acids is 1. The number of hydrogen-bond acceptors (Lipinski definition) is 3. The lowest BCUT2D eigenvalue weighted by Crippen LogP contribution is -2.03. The highest BCUT2D eigenvalue weighted by Gasteiger charge is 2.08. The van der Waals surface area contributed by atoms with Gasteiger partial charge in [-0.3, -0.25) is 9.59 Å². The lowest BCUT2D eigenvalue weighted by atomic mass is 9.89. The largest absolute Gasteiger partial charge is 0.481 e. The molecule has 0 aromatic heterocycles. The van der Waals surface area contributed by atoms with Crippen molar-refractivity contribution in [1.29, 1.82) is 0 Å². The minimum atomic E-state index is -0.650. The van der Waals surface area contributed by atoms with Crippen LogP contribution in [0.25, 0.3) is 0 Å². The van der Waals surface area contributed by atoms with E-state index in [4.69, 9.17) is 5.11 Å². The Labute approximate surface area is 231 Å². The van der Waals surface area contributed by atoms with Crippen molar-refractivity contribution < 1.29 is 19.4 Å². The summed E-state index contributed by atoms with van der Waals surface area (Å²) in [6.45, 7) is 11.5. The molecule has 0 unspecified atom stereocenters. The molecule has 0 radical (unpaired) electrons. The first-order valence-corrected chi connectivity index (χ1v) is 15.7. The van der Waals surface area contributed by atoms with Crippen LogP contribution in [-0.2, 0) is 14.3 Å². The maximum absolute atomic E-state index is 10.4. The normalized spacial score (nSPS) is 11.0. The molecule has 4 heteroatoms. The molecule has 37 heavy (non-hydrogen) atoms. The smallest absolute Gasteiger partial charge is 0.307 e. The number of carboxylic acid groups (broad SMARTS) is 1. The van der Waals surface area contributed by atoms with Gasteiger partial charge < -0.3 is 9.84 Å². The van der Waals surface area contributed by atoms with Crippen LogP contribution in [0.15, 0.2) is 12.8 Å². The molecule has 4 nitrogen and oxygen atoms in total. The van der Waals surface area contributed by atoms with E-state index in [1.54, 1.807) is 0 Å². The maximum Gasteiger partial charge on any atom is 0.307 e. The van der Waals surface area contributed by atoms with Crippen LogP contribution in [0.5, 0.6) is 0 Å². The maximum atomic E-state index is 10.4. The van der Waals surface area contributed by atoms with E-state index in [0.717, 1.165) is 19.1 Å². The third-order valence-electron chi connectivity index (χ3n) is 6.82. The summed E-state index contributed by atoms with van der Waals surface area (Å²) >= 11 is 0. The molecule has 0 saturated heterocycles. The van der Waals surface area contributed by atoms with Gasteiger partial charge in [-0.2, -0.15) is 0 Å². The van der Waals surface area contributed by atoms with Gasteiger partial charge in [-0.25, -0.2) is 0 Å². The molecular formula is C33H64O4. The molecule has 0 saturated carbocycles. The van der Waals surface area contributed by atoms with Gasteiger partial charge in [0.1, 0.15) is 0 Å². The van der Waals surface area contributed by atoms with Crippen LogP contribution in [-0.4, -0.2) is 17.0 Å². The van der Waals surface area contributed by atoms with E-state index in [9.17, 15) is 9.59 Å². The first-order chi connectivity index (χ1) is 17.7. The van der Waals surface area contributed by atoms with E-state index in [-0.39, 0.29) is 5.97 Å². The van der Waals surface area contributed by atoms with Gasteiger partial charge in [0, 0.05) is 13.3 Å². The van der Waals surface area contributed by atoms with Crippen molar-refractivity contribution in [2.45, 2.75) is 182 Å². The zero-order valence-electron chi connectivity index (χ0n) is 25.4. The number of ether oxygens (including phenoxy) is 1. The number of carboxylic acids is 1. The summed E-state index contributed by atoms with van der Waals surface area (Å²) in [5, 5.41) is 8.60. The van der Waals surface area contributed by atoms with Gasteiger partial charge in [0.05, 0.1) is 6.26 Å². The molecule has 0 atom stereocenters. The summed E-state index contributed by atoms with van der Waals surface area (Å²) in [7, 11) is 0. The highest BCUT2D eigenvalue weighted by Crippen LogP contribution is 2.22. The molecule has 0 aromatic carbocycles. The van der Waals surface area contributed by atoms with Crippen LogP contribution in [0.1, 0.15) is 182 Å². The second-order valence-corrected chi connectivity index (χ2v) is 12.0. The van der Waals surface area contributed by atoms with Crippen LogP contribution in [0.2, 0.25) is 0 Å². The zero-order valence-corrected chi connectivity index (χ0v) is 25.4. The highest BCUT2D eigenvalue weighted by molar-refractivity contribution is 5.66. The molecule has 0 rings (SSSR count). The molecule has 1 N–H and O–H groups in total. The van der Waals surface area contributed by atoms with Crippen molar-refractivity contribution in [2.75, 3.05) is 0 Å². The van der Waals surface area contributed by atoms with E-state index in [1.807, 2.05) is 0 Å². The van der Waals surface area contributed by atoms with Gasteiger partial charge in [0.2, 0.25) is 0 Å². The van der Waals surface area contributed by atoms with Crippen LogP contribution in [0, 0.1) is 5.41 Å². The third kappa shape index (κ3) is 42.0. The van der Waals surface area contributed by atoms with E-state index in [1.165, 1.54) is 142 Å².